The van der Waals surface area contributed by atoms with E-state index in [1.54, 1.807) is 41.3 Å². The van der Waals surface area contributed by atoms with Gasteiger partial charge in [-0.1, -0.05) is 0 Å². The van der Waals surface area contributed by atoms with Crippen molar-refractivity contribution in [1.82, 2.24) is 29.7 Å². The van der Waals surface area contributed by atoms with Gasteiger partial charge in [-0.15, -0.1) is 0 Å². The van der Waals surface area contributed by atoms with E-state index >= 15 is 0 Å². The zero-order valence-corrected chi connectivity index (χ0v) is 17.0. The number of urea groups is 1. The van der Waals surface area contributed by atoms with Crippen molar-refractivity contribution in [3.63, 3.8) is 0 Å². The van der Waals surface area contributed by atoms with E-state index in [0.29, 0.717) is 62.5 Å². The van der Waals surface area contributed by atoms with E-state index in [-0.39, 0.29) is 12.0 Å². The van der Waals surface area contributed by atoms with Gasteiger partial charge in [0.15, 0.2) is 0 Å². The molecule has 0 radical (unpaired) electrons. The molecule has 3 aromatic rings. The van der Waals surface area contributed by atoms with Gasteiger partial charge < -0.3 is 15.4 Å². The Morgan fingerprint density at radius 2 is 1.94 bits per heavy atom. The molecule has 3 aromatic heterocycles. The zero-order chi connectivity index (χ0) is 21.4. The third-order valence-electron chi connectivity index (χ3n) is 5.35. The van der Waals surface area contributed by atoms with E-state index in [4.69, 9.17) is 20.4 Å². The van der Waals surface area contributed by atoms with Gasteiger partial charge in [-0.25, -0.2) is 19.7 Å². The number of aryl methyl sites for hydroxylation is 1. The Hall–Kier alpha value is -3.80. The van der Waals surface area contributed by atoms with Gasteiger partial charge in [0.2, 0.25) is 11.9 Å². The van der Waals surface area contributed by atoms with Crippen LogP contribution in [0.1, 0.15) is 5.56 Å². The fourth-order valence-corrected chi connectivity index (χ4v) is 3.72. The first-order chi connectivity index (χ1) is 15.1. The van der Waals surface area contributed by atoms with Gasteiger partial charge in [0.25, 0.3) is 0 Å². The van der Waals surface area contributed by atoms with Crippen LogP contribution in [0.25, 0.3) is 11.3 Å². The first kappa shape index (κ1) is 19.2. The summed E-state index contributed by atoms with van der Waals surface area (Å²) in [5, 5.41) is 6.98. The maximum atomic E-state index is 13.0. The summed E-state index contributed by atoms with van der Waals surface area (Å²) >= 11 is 0. The minimum absolute atomic E-state index is 0.194. The number of hydrogen-bond acceptors (Lipinski definition) is 9. The molecule has 0 saturated carbocycles. The molecule has 1 fully saturated rings. The van der Waals surface area contributed by atoms with Crippen LogP contribution in [0.4, 0.5) is 28.3 Å². The number of aromatic nitrogens is 6. The molecular formula is C19H22N10O2. The molecule has 0 aliphatic carbocycles. The third-order valence-corrected chi connectivity index (χ3v) is 5.35. The lowest BCUT2D eigenvalue weighted by Crippen LogP contribution is -2.38. The van der Waals surface area contributed by atoms with E-state index < -0.39 is 0 Å². The van der Waals surface area contributed by atoms with Crippen molar-refractivity contribution in [3.05, 3.63) is 30.2 Å². The smallest absolute Gasteiger partial charge is 0.328 e. The highest BCUT2D eigenvalue weighted by molar-refractivity contribution is 6.02. The van der Waals surface area contributed by atoms with E-state index in [1.165, 1.54) is 0 Å². The monoisotopic (exact) mass is 422 g/mol. The molecule has 160 valence electrons. The van der Waals surface area contributed by atoms with Gasteiger partial charge in [-0.05, 0) is 6.42 Å². The average Bonchev–Trinajstić information content (AvgIpc) is 3.40. The molecule has 12 heteroatoms. The van der Waals surface area contributed by atoms with E-state index in [1.807, 2.05) is 0 Å². The topological polar surface area (TPSA) is 140 Å². The lowest BCUT2D eigenvalue weighted by molar-refractivity contribution is 0.122. The molecule has 12 nitrogen and oxygen atoms in total. The number of anilines is 4. The van der Waals surface area contributed by atoms with E-state index in [9.17, 15) is 4.79 Å². The van der Waals surface area contributed by atoms with Crippen molar-refractivity contribution >= 4 is 29.6 Å². The molecule has 0 spiro atoms. The van der Waals surface area contributed by atoms with Crippen LogP contribution in [0.3, 0.4) is 0 Å². The van der Waals surface area contributed by atoms with E-state index in [2.05, 4.69) is 25.3 Å². The van der Waals surface area contributed by atoms with Crippen LogP contribution in [0.2, 0.25) is 0 Å². The van der Waals surface area contributed by atoms with E-state index in [0.717, 1.165) is 11.1 Å². The number of rotatable bonds is 3. The van der Waals surface area contributed by atoms with Crippen LogP contribution in [-0.4, -0.2) is 68.6 Å². The summed E-state index contributed by atoms with van der Waals surface area (Å²) in [6.07, 6.45) is 5.54. The van der Waals surface area contributed by atoms with Crippen molar-refractivity contribution in [2.24, 2.45) is 7.05 Å². The molecule has 1 saturated heterocycles. The van der Waals surface area contributed by atoms with Gasteiger partial charge in [0.1, 0.15) is 11.6 Å². The van der Waals surface area contributed by atoms with Gasteiger partial charge in [0, 0.05) is 56.3 Å². The highest BCUT2D eigenvalue weighted by atomic mass is 16.5. The number of hydrogen-bond donors (Lipinski definition) is 2. The van der Waals surface area contributed by atoms with Crippen LogP contribution in [-0.2, 0) is 18.2 Å². The van der Waals surface area contributed by atoms with Crippen LogP contribution in [0.5, 0.6) is 0 Å². The Morgan fingerprint density at radius 3 is 2.65 bits per heavy atom. The van der Waals surface area contributed by atoms with Crippen molar-refractivity contribution in [1.29, 1.82) is 0 Å². The number of ether oxygens (including phenoxy) is 1. The van der Waals surface area contributed by atoms with Crippen LogP contribution in [0, 0.1) is 0 Å². The Labute approximate surface area is 178 Å². The minimum atomic E-state index is -0.270. The van der Waals surface area contributed by atoms with Gasteiger partial charge in [-0.3, -0.25) is 14.9 Å². The zero-order valence-electron chi connectivity index (χ0n) is 17.0. The SMILES string of the molecule is Cn1nccc1NC(=O)N1CCc2c(-c3cnc(N)nc3)nc(N3CCOCC3)nc21. The Bertz CT molecular complexity index is 1110. The standard InChI is InChI=1S/C19H22N10O2/c1-27-14(2-4-23-27)24-19(30)29-5-3-13-15(12-10-21-17(20)22-11-12)25-18(26-16(13)29)28-6-8-31-9-7-28/h2,4,10-11H,3,5-9H2,1H3,(H,24,30)(H2,20,21,22). The van der Waals surface area contributed by atoms with Crippen LogP contribution >= 0.6 is 0 Å². The minimum Gasteiger partial charge on any atom is -0.378 e. The summed E-state index contributed by atoms with van der Waals surface area (Å²) in [6, 6.07) is 1.47. The Kier molecular flexibility index (Phi) is 4.82. The lowest BCUT2D eigenvalue weighted by Gasteiger charge is -2.28. The maximum Gasteiger partial charge on any atom is 0.328 e. The normalized spacial score (nSPS) is 15.8. The molecule has 2 amide bonds. The van der Waals surface area contributed by atoms with Crippen LogP contribution < -0.4 is 20.9 Å². The highest BCUT2D eigenvalue weighted by Crippen LogP contribution is 2.35. The Morgan fingerprint density at radius 1 is 1.16 bits per heavy atom. The van der Waals surface area contributed by atoms with Crippen molar-refractivity contribution in [3.8, 4) is 11.3 Å². The third kappa shape index (κ3) is 3.61. The summed E-state index contributed by atoms with van der Waals surface area (Å²) < 4.78 is 7.06. The molecular weight excluding hydrogens is 400 g/mol. The lowest BCUT2D eigenvalue weighted by atomic mass is 10.1. The molecule has 0 atom stereocenters. The predicted octanol–water partition coefficient (Wildman–Crippen LogP) is 0.680. The Balaban J connectivity index is 1.55. The summed E-state index contributed by atoms with van der Waals surface area (Å²) in [4.78, 5) is 34.5. The predicted molar refractivity (Wildman–Crippen MR) is 114 cm³/mol. The highest BCUT2D eigenvalue weighted by Gasteiger charge is 2.32. The first-order valence-corrected chi connectivity index (χ1v) is 9.98. The number of nitrogens with two attached hydrogens (primary N) is 1. The quantitative estimate of drug-likeness (QED) is 0.623. The molecule has 0 unspecified atom stereocenters. The van der Waals surface area contributed by atoms with Crippen LogP contribution in [0.15, 0.2) is 24.7 Å². The number of nitrogens with zero attached hydrogens (tertiary/aromatic N) is 8. The molecule has 0 aromatic carbocycles. The van der Waals surface area contributed by atoms with Crippen molar-refractivity contribution in [2.45, 2.75) is 6.42 Å². The molecule has 0 bridgehead atoms. The largest absolute Gasteiger partial charge is 0.378 e. The fraction of sp³-hybridized carbons (Fsp3) is 0.368. The van der Waals surface area contributed by atoms with Gasteiger partial charge in [-0.2, -0.15) is 10.1 Å². The second kappa shape index (κ2) is 7.80. The summed E-state index contributed by atoms with van der Waals surface area (Å²) in [7, 11) is 1.77. The molecule has 2 aliphatic heterocycles. The summed E-state index contributed by atoms with van der Waals surface area (Å²) in [5.74, 6) is 1.94. The number of carbonyl (C=O) groups excluding carboxylic acids is 1. The summed E-state index contributed by atoms with van der Waals surface area (Å²) in [6.45, 7) is 3.05. The second-order valence-electron chi connectivity index (χ2n) is 7.28. The fourth-order valence-electron chi connectivity index (χ4n) is 3.72. The van der Waals surface area contributed by atoms with Gasteiger partial charge in [0.05, 0.1) is 25.1 Å². The molecule has 3 N–H and O–H groups in total. The molecule has 5 rings (SSSR count). The number of carbonyl (C=O) groups is 1. The molecule has 31 heavy (non-hydrogen) atoms. The van der Waals surface area contributed by atoms with Crippen molar-refractivity contribution in [2.75, 3.05) is 53.7 Å². The van der Waals surface area contributed by atoms with Crippen molar-refractivity contribution < 1.29 is 9.53 Å². The maximum absolute atomic E-state index is 13.0. The molecule has 5 heterocycles. The number of morpholine rings is 1. The first-order valence-electron chi connectivity index (χ1n) is 9.98. The summed E-state index contributed by atoms with van der Waals surface area (Å²) in [5.41, 5.74) is 7.98. The molecule has 2 aliphatic rings. The number of fused-ring (bicyclic) bond motifs is 1. The number of nitrogen functional groups attached to an aromatic ring is 1. The average molecular weight is 422 g/mol. The second-order valence-corrected chi connectivity index (χ2v) is 7.28. The number of nitrogens with one attached hydrogen (secondary N) is 1. The van der Waals surface area contributed by atoms with Gasteiger partial charge >= 0.3 is 6.03 Å². The number of amides is 2.